The minimum Gasteiger partial charge on any atom is -0.379 e. The van der Waals surface area contributed by atoms with Gasteiger partial charge in [0.15, 0.2) is 5.96 Å². The molecular weight excluding hydrogens is 290 g/mol. The third-order valence-electron chi connectivity index (χ3n) is 4.31. The molecule has 23 heavy (non-hydrogen) atoms. The zero-order valence-electron chi connectivity index (χ0n) is 14.8. The molecule has 1 aliphatic rings. The van der Waals surface area contributed by atoms with Crippen molar-refractivity contribution in [3.8, 4) is 0 Å². The van der Waals surface area contributed by atoms with Gasteiger partial charge in [0.2, 0.25) is 0 Å². The molecule has 0 amide bonds. The van der Waals surface area contributed by atoms with Gasteiger partial charge in [0.25, 0.3) is 0 Å². The van der Waals surface area contributed by atoms with E-state index in [1.165, 1.54) is 18.7 Å². The minimum atomic E-state index is 0.858. The molecule has 0 bridgehead atoms. The van der Waals surface area contributed by atoms with Crippen LogP contribution in [0, 0.1) is 0 Å². The van der Waals surface area contributed by atoms with E-state index in [1.54, 1.807) is 0 Å². The molecule has 0 aromatic carbocycles. The lowest BCUT2D eigenvalue weighted by Gasteiger charge is -2.26. The maximum atomic E-state index is 5.37. The molecule has 6 nitrogen and oxygen atoms in total. The summed E-state index contributed by atoms with van der Waals surface area (Å²) >= 11 is 0. The largest absolute Gasteiger partial charge is 0.379 e. The first-order valence-electron chi connectivity index (χ1n) is 8.53. The van der Waals surface area contributed by atoms with E-state index in [2.05, 4.69) is 57.1 Å². The van der Waals surface area contributed by atoms with Gasteiger partial charge in [0.1, 0.15) is 0 Å². The van der Waals surface area contributed by atoms with Gasteiger partial charge in [-0.05, 0) is 31.5 Å². The molecule has 0 spiro atoms. The molecule has 1 N–H and O–H groups in total. The summed E-state index contributed by atoms with van der Waals surface area (Å²) in [5, 5.41) is 3.46. The number of morpholine rings is 1. The van der Waals surface area contributed by atoms with Crippen molar-refractivity contribution in [1.29, 1.82) is 0 Å². The molecule has 0 saturated carbocycles. The molecule has 2 heterocycles. The highest BCUT2D eigenvalue weighted by Crippen LogP contribution is 2.04. The average molecular weight is 321 g/mol. The number of guanidine groups is 1. The van der Waals surface area contributed by atoms with Gasteiger partial charge in [-0.3, -0.25) is 9.89 Å². The van der Waals surface area contributed by atoms with Gasteiger partial charge in [-0.15, -0.1) is 0 Å². The quantitative estimate of drug-likeness (QED) is 0.465. The molecule has 2 rings (SSSR count). The number of ether oxygens (including phenoxy) is 1. The van der Waals surface area contributed by atoms with E-state index in [0.29, 0.717) is 0 Å². The summed E-state index contributed by atoms with van der Waals surface area (Å²) in [6.45, 7) is 6.92. The van der Waals surface area contributed by atoms with Crippen LogP contribution in [-0.4, -0.2) is 73.8 Å². The zero-order chi connectivity index (χ0) is 16.5. The van der Waals surface area contributed by atoms with Gasteiger partial charge < -0.3 is 19.5 Å². The van der Waals surface area contributed by atoms with Crippen LogP contribution in [-0.2, 0) is 18.3 Å². The topological polar surface area (TPSA) is 45.0 Å². The molecule has 6 heteroatoms. The number of unbranched alkanes of at least 4 members (excludes halogenated alkanes) is 1. The third kappa shape index (κ3) is 5.88. The number of rotatable bonds is 7. The van der Waals surface area contributed by atoms with Crippen LogP contribution >= 0.6 is 0 Å². The minimum absolute atomic E-state index is 0.858. The van der Waals surface area contributed by atoms with Gasteiger partial charge in [-0.2, -0.15) is 0 Å². The predicted molar refractivity (Wildman–Crippen MR) is 94.7 cm³/mol. The van der Waals surface area contributed by atoms with Crippen molar-refractivity contribution in [3.63, 3.8) is 0 Å². The van der Waals surface area contributed by atoms with Crippen molar-refractivity contribution in [3.05, 3.63) is 24.0 Å². The molecule has 130 valence electrons. The smallest absolute Gasteiger partial charge is 0.193 e. The van der Waals surface area contributed by atoms with Crippen molar-refractivity contribution in [2.75, 3.05) is 53.5 Å². The van der Waals surface area contributed by atoms with Crippen LogP contribution in [0.5, 0.6) is 0 Å². The summed E-state index contributed by atoms with van der Waals surface area (Å²) in [6.07, 6.45) is 4.45. The number of hydrogen-bond donors (Lipinski definition) is 1. The van der Waals surface area contributed by atoms with Crippen LogP contribution in [0.15, 0.2) is 23.3 Å². The third-order valence-corrected chi connectivity index (χ3v) is 4.31. The summed E-state index contributed by atoms with van der Waals surface area (Å²) in [5.41, 5.74) is 1.28. The second-order valence-electron chi connectivity index (χ2n) is 6.10. The summed E-state index contributed by atoms with van der Waals surface area (Å²) < 4.78 is 7.52. The van der Waals surface area contributed by atoms with Crippen LogP contribution in [0.25, 0.3) is 0 Å². The number of nitrogens with zero attached hydrogens (tertiary/aromatic N) is 4. The van der Waals surface area contributed by atoms with E-state index in [4.69, 9.17) is 4.74 Å². The molecule has 0 unspecified atom stereocenters. The Morgan fingerprint density at radius 3 is 2.78 bits per heavy atom. The highest BCUT2D eigenvalue weighted by Gasteiger charge is 2.10. The monoisotopic (exact) mass is 321 g/mol. The Hall–Kier alpha value is -1.53. The fourth-order valence-electron chi connectivity index (χ4n) is 2.85. The number of nitrogens with one attached hydrogen (secondary N) is 1. The fraction of sp³-hybridized carbons (Fsp3) is 0.706. The Bertz CT molecular complexity index is 479. The Kier molecular flexibility index (Phi) is 7.42. The van der Waals surface area contributed by atoms with Crippen LogP contribution in [0.3, 0.4) is 0 Å². The van der Waals surface area contributed by atoms with E-state index < -0.39 is 0 Å². The number of aromatic nitrogens is 1. The highest BCUT2D eigenvalue weighted by molar-refractivity contribution is 5.79. The number of hydrogen-bond acceptors (Lipinski definition) is 3. The fourth-order valence-corrected chi connectivity index (χ4v) is 2.85. The van der Waals surface area contributed by atoms with Gasteiger partial charge in [0.05, 0.1) is 19.8 Å². The van der Waals surface area contributed by atoms with Crippen molar-refractivity contribution >= 4 is 5.96 Å². The second kappa shape index (κ2) is 9.57. The van der Waals surface area contributed by atoms with E-state index >= 15 is 0 Å². The molecule has 1 aromatic rings. The van der Waals surface area contributed by atoms with E-state index in [9.17, 15) is 0 Å². The van der Waals surface area contributed by atoms with Crippen molar-refractivity contribution < 1.29 is 4.74 Å². The van der Waals surface area contributed by atoms with Crippen LogP contribution in [0.1, 0.15) is 18.5 Å². The molecular formula is C17H31N5O. The van der Waals surface area contributed by atoms with Gasteiger partial charge in [0, 0.05) is 52.7 Å². The molecule has 0 aliphatic carbocycles. The molecule has 1 saturated heterocycles. The molecule has 0 radical (unpaired) electrons. The maximum absolute atomic E-state index is 5.37. The molecule has 1 aromatic heterocycles. The molecule has 1 fully saturated rings. The normalized spacial score (nSPS) is 16.6. The van der Waals surface area contributed by atoms with Crippen molar-refractivity contribution in [2.45, 2.75) is 19.4 Å². The summed E-state index contributed by atoms with van der Waals surface area (Å²) in [4.78, 5) is 9.03. The lowest BCUT2D eigenvalue weighted by atomic mass is 10.2. The first kappa shape index (κ1) is 17.8. The summed E-state index contributed by atoms with van der Waals surface area (Å²) in [6, 6.07) is 4.22. The van der Waals surface area contributed by atoms with Crippen LogP contribution in [0.4, 0.5) is 0 Å². The van der Waals surface area contributed by atoms with E-state index in [-0.39, 0.29) is 0 Å². The molecule has 0 atom stereocenters. The van der Waals surface area contributed by atoms with Crippen LogP contribution < -0.4 is 5.32 Å². The Balaban J connectivity index is 1.63. The predicted octanol–water partition coefficient (Wildman–Crippen LogP) is 1.14. The van der Waals surface area contributed by atoms with Crippen LogP contribution in [0.2, 0.25) is 0 Å². The lowest BCUT2D eigenvalue weighted by molar-refractivity contribution is 0.0372. The highest BCUT2D eigenvalue weighted by atomic mass is 16.5. The average Bonchev–Trinajstić information content (AvgIpc) is 2.96. The van der Waals surface area contributed by atoms with Crippen molar-refractivity contribution in [2.24, 2.45) is 12.0 Å². The summed E-state index contributed by atoms with van der Waals surface area (Å²) in [5.74, 6) is 0.956. The van der Waals surface area contributed by atoms with Gasteiger partial charge >= 0.3 is 0 Å². The van der Waals surface area contributed by atoms with Gasteiger partial charge in [-0.1, -0.05) is 0 Å². The van der Waals surface area contributed by atoms with Gasteiger partial charge in [-0.25, -0.2) is 0 Å². The Morgan fingerprint density at radius 1 is 1.35 bits per heavy atom. The number of aryl methyl sites for hydroxylation is 1. The lowest BCUT2D eigenvalue weighted by Crippen LogP contribution is -2.40. The first-order chi connectivity index (χ1) is 11.2. The Labute approximate surface area is 140 Å². The summed E-state index contributed by atoms with van der Waals surface area (Å²) in [7, 11) is 6.00. The van der Waals surface area contributed by atoms with E-state index in [1.807, 2.05) is 7.05 Å². The standard InChI is InChI=1S/C17H31N5O/c1-18-17(21(3)15-16-7-6-9-20(16)2)19-8-4-5-10-22-11-13-23-14-12-22/h6-7,9H,4-5,8,10-15H2,1-3H3,(H,18,19). The first-order valence-corrected chi connectivity index (χ1v) is 8.53. The SMILES string of the molecule is CN=C(NCCCCN1CCOCC1)N(C)Cc1cccn1C. The molecule has 1 aliphatic heterocycles. The Morgan fingerprint density at radius 2 is 2.13 bits per heavy atom. The zero-order valence-corrected chi connectivity index (χ0v) is 14.8. The van der Waals surface area contributed by atoms with E-state index in [0.717, 1.165) is 51.8 Å². The maximum Gasteiger partial charge on any atom is 0.193 e. The van der Waals surface area contributed by atoms with Crippen molar-refractivity contribution in [1.82, 2.24) is 19.7 Å². The number of aliphatic imine (C=N–C) groups is 1. The second-order valence-corrected chi connectivity index (χ2v) is 6.10.